The molecule has 1 aromatic heterocycles. The second-order valence-corrected chi connectivity index (χ2v) is 7.94. The minimum Gasteiger partial charge on any atom is -0.372 e. The number of nitrogens with zero attached hydrogens (tertiary/aromatic N) is 3. The van der Waals surface area contributed by atoms with Crippen LogP contribution in [0.25, 0.3) is 0 Å². The lowest BCUT2D eigenvalue weighted by Crippen LogP contribution is -2.53. The first-order valence-electron chi connectivity index (χ1n) is 9.07. The molecule has 2 fully saturated rings. The first-order valence-corrected chi connectivity index (χ1v) is 9.07. The molecule has 3 heterocycles. The summed E-state index contributed by atoms with van der Waals surface area (Å²) in [6, 6.07) is 3.82. The van der Waals surface area contributed by atoms with Gasteiger partial charge in [0.15, 0.2) is 0 Å². The minimum absolute atomic E-state index is 0.0194. The topological polar surface area (TPSA) is 54.9 Å². The van der Waals surface area contributed by atoms with Gasteiger partial charge < -0.3 is 19.3 Å². The summed E-state index contributed by atoms with van der Waals surface area (Å²) in [7, 11) is 0. The van der Waals surface area contributed by atoms with E-state index >= 15 is 0 Å². The summed E-state index contributed by atoms with van der Waals surface area (Å²) < 4.78 is 11.6. The Morgan fingerprint density at radius 2 is 1.80 bits per heavy atom. The molecule has 0 saturated carbocycles. The summed E-state index contributed by atoms with van der Waals surface area (Å²) in [6.07, 6.45) is 2.10. The highest BCUT2D eigenvalue weighted by Crippen LogP contribution is 2.23. The van der Waals surface area contributed by atoms with E-state index in [4.69, 9.17) is 9.47 Å². The van der Waals surface area contributed by atoms with E-state index in [0.717, 1.165) is 18.9 Å². The number of carbonyl (C=O) groups is 1. The number of pyridine rings is 1. The maximum absolute atomic E-state index is 12.8. The minimum atomic E-state index is -0.319. The predicted octanol–water partition coefficient (Wildman–Crippen LogP) is 2.33. The number of amides is 1. The molecule has 6 nitrogen and oxygen atoms in total. The lowest BCUT2D eigenvalue weighted by molar-refractivity contribution is -0.118. The van der Waals surface area contributed by atoms with E-state index < -0.39 is 0 Å². The van der Waals surface area contributed by atoms with Crippen LogP contribution in [-0.2, 0) is 9.47 Å². The average Bonchev–Trinajstić information content (AvgIpc) is 2.51. The Kier molecular flexibility index (Phi) is 5.02. The van der Waals surface area contributed by atoms with E-state index in [-0.39, 0.29) is 29.8 Å². The zero-order valence-corrected chi connectivity index (χ0v) is 15.9. The first kappa shape index (κ1) is 18.1. The van der Waals surface area contributed by atoms with Gasteiger partial charge >= 0.3 is 0 Å². The van der Waals surface area contributed by atoms with Gasteiger partial charge in [0, 0.05) is 32.4 Å². The van der Waals surface area contributed by atoms with Crippen LogP contribution in [0.5, 0.6) is 0 Å². The van der Waals surface area contributed by atoms with Crippen LogP contribution in [0.1, 0.15) is 45.0 Å². The maximum Gasteiger partial charge on any atom is 0.255 e. The number of rotatable bonds is 2. The summed E-state index contributed by atoms with van der Waals surface area (Å²) in [5.74, 6) is 0.917. The molecule has 0 bridgehead atoms. The van der Waals surface area contributed by atoms with Crippen molar-refractivity contribution in [2.45, 2.75) is 58.5 Å². The van der Waals surface area contributed by atoms with Gasteiger partial charge in [-0.3, -0.25) is 4.79 Å². The third-order valence-corrected chi connectivity index (χ3v) is 4.59. The average molecular weight is 347 g/mol. The smallest absolute Gasteiger partial charge is 0.255 e. The van der Waals surface area contributed by atoms with Gasteiger partial charge in [-0.25, -0.2) is 4.98 Å². The number of aromatic nitrogens is 1. The monoisotopic (exact) mass is 347 g/mol. The molecule has 2 aliphatic rings. The SMILES string of the molecule is CC1CN(c2ccc(C(=O)N3CC(C)OC(C)(C)C3)cn2)CC(C)O1. The molecule has 3 atom stereocenters. The van der Waals surface area contributed by atoms with Crippen molar-refractivity contribution in [1.29, 1.82) is 0 Å². The molecule has 0 N–H and O–H groups in total. The third-order valence-electron chi connectivity index (χ3n) is 4.59. The third kappa shape index (κ3) is 4.30. The number of morpholine rings is 2. The Balaban J connectivity index is 1.70. The quantitative estimate of drug-likeness (QED) is 0.822. The van der Waals surface area contributed by atoms with Gasteiger partial charge in [-0.05, 0) is 46.8 Å². The van der Waals surface area contributed by atoms with E-state index in [1.54, 1.807) is 6.20 Å². The van der Waals surface area contributed by atoms with Crippen molar-refractivity contribution in [2.75, 3.05) is 31.1 Å². The van der Waals surface area contributed by atoms with Crippen LogP contribution in [0.3, 0.4) is 0 Å². The molecule has 1 aromatic rings. The van der Waals surface area contributed by atoms with Crippen LogP contribution in [0, 0.1) is 0 Å². The summed E-state index contributed by atoms with van der Waals surface area (Å²) in [4.78, 5) is 21.4. The van der Waals surface area contributed by atoms with Gasteiger partial charge in [0.05, 0.1) is 29.5 Å². The van der Waals surface area contributed by atoms with Crippen LogP contribution in [0.4, 0.5) is 5.82 Å². The second-order valence-electron chi connectivity index (χ2n) is 7.94. The molecule has 3 rings (SSSR count). The molecule has 0 spiro atoms. The van der Waals surface area contributed by atoms with Crippen LogP contribution in [-0.4, -0.2) is 65.9 Å². The van der Waals surface area contributed by atoms with Crippen LogP contribution in [0.2, 0.25) is 0 Å². The fraction of sp³-hybridized carbons (Fsp3) is 0.684. The molecule has 1 amide bonds. The van der Waals surface area contributed by atoms with Crippen LogP contribution >= 0.6 is 0 Å². The molecule has 0 radical (unpaired) electrons. The highest BCUT2D eigenvalue weighted by atomic mass is 16.5. The largest absolute Gasteiger partial charge is 0.372 e. The van der Waals surface area contributed by atoms with Gasteiger partial charge in [0.2, 0.25) is 0 Å². The lowest BCUT2D eigenvalue weighted by atomic mass is 10.0. The maximum atomic E-state index is 12.8. The first-order chi connectivity index (χ1) is 11.7. The van der Waals surface area contributed by atoms with E-state index in [0.29, 0.717) is 18.7 Å². The molecule has 2 saturated heterocycles. The van der Waals surface area contributed by atoms with Crippen molar-refractivity contribution in [2.24, 2.45) is 0 Å². The fourth-order valence-corrected chi connectivity index (χ4v) is 3.86. The number of carbonyl (C=O) groups excluding carboxylic acids is 1. The number of hydrogen-bond acceptors (Lipinski definition) is 5. The number of ether oxygens (including phenoxy) is 2. The van der Waals surface area contributed by atoms with Gasteiger partial charge in [-0.2, -0.15) is 0 Å². The highest BCUT2D eigenvalue weighted by molar-refractivity contribution is 5.94. The van der Waals surface area contributed by atoms with E-state index in [2.05, 4.69) is 23.7 Å². The standard InChI is InChI=1S/C19H29N3O3/c1-13-9-21(10-14(2)24-13)17-7-6-16(8-20-17)18(23)22-11-15(3)25-19(4,5)12-22/h6-8,13-15H,9-12H2,1-5H3. The molecule has 0 aliphatic carbocycles. The molecule has 0 aromatic carbocycles. The predicted molar refractivity (Wildman–Crippen MR) is 97.0 cm³/mol. The van der Waals surface area contributed by atoms with Crippen molar-refractivity contribution in [3.05, 3.63) is 23.9 Å². The van der Waals surface area contributed by atoms with E-state index in [1.807, 2.05) is 37.8 Å². The van der Waals surface area contributed by atoms with Crippen molar-refractivity contribution < 1.29 is 14.3 Å². The fourth-order valence-electron chi connectivity index (χ4n) is 3.86. The van der Waals surface area contributed by atoms with E-state index in [1.165, 1.54) is 0 Å². The summed E-state index contributed by atoms with van der Waals surface area (Å²) in [5, 5.41) is 0. The van der Waals surface area contributed by atoms with Crippen LogP contribution < -0.4 is 4.90 Å². The molecule has 2 aliphatic heterocycles. The van der Waals surface area contributed by atoms with Crippen molar-refractivity contribution in [3.8, 4) is 0 Å². The summed E-state index contributed by atoms with van der Waals surface area (Å²) in [5.41, 5.74) is 0.309. The molecule has 138 valence electrons. The number of hydrogen-bond donors (Lipinski definition) is 0. The molecule has 25 heavy (non-hydrogen) atoms. The zero-order chi connectivity index (χ0) is 18.2. The lowest BCUT2D eigenvalue weighted by Gasteiger charge is -2.41. The van der Waals surface area contributed by atoms with Crippen molar-refractivity contribution >= 4 is 11.7 Å². The Labute approximate surface area is 150 Å². The Bertz CT molecular complexity index is 607. The molecule has 6 heteroatoms. The highest BCUT2D eigenvalue weighted by Gasteiger charge is 2.34. The van der Waals surface area contributed by atoms with Gasteiger partial charge in [-0.1, -0.05) is 0 Å². The van der Waals surface area contributed by atoms with E-state index in [9.17, 15) is 4.79 Å². The normalized spacial score (nSPS) is 29.6. The Morgan fingerprint density at radius 3 is 2.36 bits per heavy atom. The Hall–Kier alpha value is -1.66. The van der Waals surface area contributed by atoms with Gasteiger partial charge in [0.25, 0.3) is 5.91 Å². The summed E-state index contributed by atoms with van der Waals surface area (Å²) >= 11 is 0. The van der Waals surface area contributed by atoms with Gasteiger partial charge in [-0.15, -0.1) is 0 Å². The van der Waals surface area contributed by atoms with Gasteiger partial charge in [0.1, 0.15) is 5.82 Å². The van der Waals surface area contributed by atoms with Crippen molar-refractivity contribution in [3.63, 3.8) is 0 Å². The molecular formula is C19H29N3O3. The van der Waals surface area contributed by atoms with Crippen LogP contribution in [0.15, 0.2) is 18.3 Å². The zero-order valence-electron chi connectivity index (χ0n) is 15.9. The molecular weight excluding hydrogens is 318 g/mol. The Morgan fingerprint density at radius 1 is 1.12 bits per heavy atom. The summed E-state index contributed by atoms with van der Waals surface area (Å²) in [6.45, 7) is 13.0. The second kappa shape index (κ2) is 6.92. The van der Waals surface area contributed by atoms with Crippen molar-refractivity contribution in [1.82, 2.24) is 9.88 Å². The molecule has 3 unspecified atom stereocenters. The number of anilines is 1.